The average molecular weight is 154 g/mol. The van der Waals surface area contributed by atoms with E-state index in [4.69, 9.17) is 9.47 Å². The van der Waals surface area contributed by atoms with E-state index >= 15 is 0 Å². The summed E-state index contributed by atoms with van der Waals surface area (Å²) in [5, 5.41) is 0. The van der Waals surface area contributed by atoms with Crippen molar-refractivity contribution in [3.8, 4) is 0 Å². The van der Waals surface area contributed by atoms with Crippen LogP contribution in [0, 0.1) is 5.92 Å². The maximum Gasteiger partial charge on any atom is 0.118 e. The number of hydrogen-bond donors (Lipinski definition) is 0. The zero-order chi connectivity index (χ0) is 8.27. The van der Waals surface area contributed by atoms with Crippen LogP contribution in [0.25, 0.3) is 0 Å². The fourth-order valence-corrected chi connectivity index (χ4v) is 1.15. The fraction of sp³-hybridized carbons (Fsp3) is 0.556. The maximum atomic E-state index is 5.18. The number of allylic oxidation sites excluding steroid dienone is 3. The quantitative estimate of drug-likeness (QED) is 0.606. The van der Waals surface area contributed by atoms with Crippen LogP contribution in [0.3, 0.4) is 0 Å². The van der Waals surface area contributed by atoms with Gasteiger partial charge >= 0.3 is 0 Å². The Morgan fingerprint density at radius 1 is 1.36 bits per heavy atom. The summed E-state index contributed by atoms with van der Waals surface area (Å²) >= 11 is 0. The number of hydrogen-bond acceptors (Lipinski definition) is 2. The number of ether oxygens (including phenoxy) is 2. The van der Waals surface area contributed by atoms with Crippen molar-refractivity contribution in [1.82, 2.24) is 0 Å². The standard InChI is InChI=1S/C9H14O2/c1-7-4-5-8(10-2)6-9(7)11-3/h5-7H,4H2,1-3H3. The molecule has 0 aromatic carbocycles. The maximum absolute atomic E-state index is 5.18. The summed E-state index contributed by atoms with van der Waals surface area (Å²) in [6.07, 6.45) is 5.02. The van der Waals surface area contributed by atoms with Gasteiger partial charge in [-0.15, -0.1) is 0 Å². The second-order valence-electron chi connectivity index (χ2n) is 2.70. The summed E-state index contributed by atoms with van der Waals surface area (Å²) in [5.41, 5.74) is 0. The summed E-state index contributed by atoms with van der Waals surface area (Å²) in [7, 11) is 3.37. The second-order valence-corrected chi connectivity index (χ2v) is 2.70. The highest BCUT2D eigenvalue weighted by Gasteiger charge is 2.13. The zero-order valence-corrected chi connectivity index (χ0v) is 7.26. The van der Waals surface area contributed by atoms with Crippen LogP contribution in [-0.4, -0.2) is 14.2 Å². The SMILES string of the molecule is COC1=CCC(C)C(OC)=C1. The second kappa shape index (κ2) is 3.46. The molecule has 0 spiro atoms. The lowest BCUT2D eigenvalue weighted by molar-refractivity contribution is 0.231. The zero-order valence-electron chi connectivity index (χ0n) is 7.26. The van der Waals surface area contributed by atoms with Crippen molar-refractivity contribution in [1.29, 1.82) is 0 Å². The van der Waals surface area contributed by atoms with E-state index in [1.807, 2.05) is 6.08 Å². The molecule has 0 fully saturated rings. The topological polar surface area (TPSA) is 18.5 Å². The van der Waals surface area contributed by atoms with Gasteiger partial charge in [0.05, 0.1) is 14.2 Å². The van der Waals surface area contributed by atoms with Gasteiger partial charge in [-0.05, 0) is 12.5 Å². The Morgan fingerprint density at radius 2 is 2.09 bits per heavy atom. The third-order valence-electron chi connectivity index (χ3n) is 1.91. The highest BCUT2D eigenvalue weighted by atomic mass is 16.5. The largest absolute Gasteiger partial charge is 0.501 e. The van der Waals surface area contributed by atoms with E-state index in [9.17, 15) is 0 Å². The van der Waals surface area contributed by atoms with Crippen LogP contribution < -0.4 is 0 Å². The summed E-state index contributed by atoms with van der Waals surface area (Å²) in [5.74, 6) is 2.39. The first-order valence-corrected chi connectivity index (χ1v) is 3.77. The molecular weight excluding hydrogens is 140 g/mol. The van der Waals surface area contributed by atoms with Crippen LogP contribution in [0.15, 0.2) is 23.7 Å². The molecule has 62 valence electrons. The van der Waals surface area contributed by atoms with Gasteiger partial charge in [0.2, 0.25) is 0 Å². The van der Waals surface area contributed by atoms with Crippen molar-refractivity contribution in [3.05, 3.63) is 23.7 Å². The fourth-order valence-electron chi connectivity index (χ4n) is 1.15. The Kier molecular flexibility index (Phi) is 2.58. The normalized spacial score (nSPS) is 23.7. The van der Waals surface area contributed by atoms with E-state index in [1.165, 1.54) is 0 Å². The minimum Gasteiger partial charge on any atom is -0.501 e. The first-order chi connectivity index (χ1) is 5.27. The molecule has 1 aliphatic rings. The van der Waals surface area contributed by atoms with Crippen LogP contribution in [0.1, 0.15) is 13.3 Å². The minimum atomic E-state index is 0.485. The smallest absolute Gasteiger partial charge is 0.118 e. The Bertz CT molecular complexity index is 192. The van der Waals surface area contributed by atoms with Crippen LogP contribution in [0.5, 0.6) is 0 Å². The lowest BCUT2D eigenvalue weighted by Gasteiger charge is -2.18. The highest BCUT2D eigenvalue weighted by Crippen LogP contribution is 2.23. The van der Waals surface area contributed by atoms with Crippen LogP contribution >= 0.6 is 0 Å². The van der Waals surface area contributed by atoms with Gasteiger partial charge in [0, 0.05) is 12.0 Å². The molecule has 1 rings (SSSR count). The molecule has 0 radical (unpaired) electrons. The third-order valence-corrected chi connectivity index (χ3v) is 1.91. The van der Waals surface area contributed by atoms with Gasteiger partial charge in [-0.1, -0.05) is 6.92 Å². The molecule has 0 bridgehead atoms. The molecule has 2 nitrogen and oxygen atoms in total. The monoisotopic (exact) mass is 154 g/mol. The highest BCUT2D eigenvalue weighted by molar-refractivity contribution is 5.21. The van der Waals surface area contributed by atoms with Gasteiger partial charge in [-0.25, -0.2) is 0 Å². The summed E-state index contributed by atoms with van der Waals surface area (Å²) < 4.78 is 10.3. The van der Waals surface area contributed by atoms with E-state index in [1.54, 1.807) is 14.2 Å². The summed E-state index contributed by atoms with van der Waals surface area (Å²) in [6, 6.07) is 0. The molecule has 0 amide bonds. The Labute approximate surface area is 67.5 Å². The van der Waals surface area contributed by atoms with Gasteiger partial charge in [0.25, 0.3) is 0 Å². The van der Waals surface area contributed by atoms with E-state index in [0.717, 1.165) is 17.9 Å². The molecular formula is C9H14O2. The summed E-state index contributed by atoms with van der Waals surface area (Å²) in [4.78, 5) is 0. The van der Waals surface area contributed by atoms with Crippen molar-refractivity contribution in [2.75, 3.05) is 14.2 Å². The van der Waals surface area contributed by atoms with E-state index in [2.05, 4.69) is 13.0 Å². The van der Waals surface area contributed by atoms with Crippen molar-refractivity contribution in [3.63, 3.8) is 0 Å². The van der Waals surface area contributed by atoms with Gasteiger partial charge in [0.1, 0.15) is 11.5 Å². The van der Waals surface area contributed by atoms with Crippen LogP contribution in [-0.2, 0) is 9.47 Å². The van der Waals surface area contributed by atoms with Crippen molar-refractivity contribution in [2.45, 2.75) is 13.3 Å². The number of methoxy groups -OCH3 is 2. The Balaban J connectivity index is 2.71. The van der Waals surface area contributed by atoms with E-state index in [-0.39, 0.29) is 0 Å². The molecule has 0 saturated heterocycles. The minimum absolute atomic E-state index is 0.485. The third kappa shape index (κ3) is 1.76. The molecule has 0 N–H and O–H groups in total. The molecule has 0 aliphatic heterocycles. The lowest BCUT2D eigenvalue weighted by Crippen LogP contribution is -2.06. The van der Waals surface area contributed by atoms with Crippen molar-refractivity contribution < 1.29 is 9.47 Å². The van der Waals surface area contributed by atoms with Gasteiger partial charge in [0.15, 0.2) is 0 Å². The van der Waals surface area contributed by atoms with Gasteiger partial charge in [-0.3, -0.25) is 0 Å². The van der Waals surface area contributed by atoms with Gasteiger partial charge < -0.3 is 9.47 Å². The number of rotatable bonds is 2. The van der Waals surface area contributed by atoms with Crippen LogP contribution in [0.2, 0.25) is 0 Å². The molecule has 1 aliphatic carbocycles. The van der Waals surface area contributed by atoms with Crippen molar-refractivity contribution in [2.24, 2.45) is 5.92 Å². The van der Waals surface area contributed by atoms with Gasteiger partial charge in [-0.2, -0.15) is 0 Å². The lowest BCUT2D eigenvalue weighted by atomic mass is 10.0. The predicted molar refractivity (Wildman–Crippen MR) is 44.0 cm³/mol. The van der Waals surface area contributed by atoms with E-state index < -0.39 is 0 Å². The molecule has 2 heteroatoms. The first-order valence-electron chi connectivity index (χ1n) is 3.77. The molecule has 1 unspecified atom stereocenters. The molecule has 0 aromatic rings. The molecule has 0 saturated carbocycles. The molecule has 0 heterocycles. The average Bonchev–Trinajstić information content (AvgIpc) is 2.05. The Morgan fingerprint density at radius 3 is 2.64 bits per heavy atom. The Hall–Kier alpha value is -0.920. The molecule has 0 aromatic heterocycles. The van der Waals surface area contributed by atoms with Crippen LogP contribution in [0.4, 0.5) is 0 Å². The molecule has 1 atom stereocenters. The van der Waals surface area contributed by atoms with Crippen molar-refractivity contribution >= 4 is 0 Å². The van der Waals surface area contributed by atoms with E-state index in [0.29, 0.717) is 5.92 Å². The molecule has 11 heavy (non-hydrogen) atoms. The predicted octanol–water partition coefficient (Wildman–Crippen LogP) is 2.09. The summed E-state index contributed by atoms with van der Waals surface area (Å²) in [6.45, 7) is 2.14. The first kappa shape index (κ1) is 8.18.